The maximum atomic E-state index is 12.1. The standard InChI is InChI=1S/C12H12N4O3S/c1-7-2-3-10(20-7)11(17)15-4-8(5-15)16-6-9(12(18)19)13-14-16/h2-3,6,8H,4-5H2,1H3,(H,18,19). The first-order chi connectivity index (χ1) is 9.54. The number of hydrogen-bond acceptors (Lipinski definition) is 5. The van der Waals surface area contributed by atoms with Crippen molar-refractivity contribution in [3.63, 3.8) is 0 Å². The molecule has 1 saturated heterocycles. The first kappa shape index (κ1) is 12.8. The second kappa shape index (κ2) is 4.71. The zero-order valence-electron chi connectivity index (χ0n) is 10.7. The second-order valence-corrected chi connectivity index (χ2v) is 5.95. The summed E-state index contributed by atoms with van der Waals surface area (Å²) in [5.41, 5.74) is -0.0799. The summed E-state index contributed by atoms with van der Waals surface area (Å²) < 4.78 is 1.51. The van der Waals surface area contributed by atoms with Crippen molar-refractivity contribution in [1.29, 1.82) is 0 Å². The van der Waals surface area contributed by atoms with Gasteiger partial charge in [0.1, 0.15) is 0 Å². The number of aryl methyl sites for hydroxylation is 1. The molecule has 8 heteroatoms. The predicted molar refractivity (Wildman–Crippen MR) is 71.0 cm³/mol. The molecule has 0 unspecified atom stereocenters. The minimum atomic E-state index is -1.10. The molecule has 0 bridgehead atoms. The van der Waals surface area contributed by atoms with Crippen LogP contribution >= 0.6 is 11.3 Å². The van der Waals surface area contributed by atoms with Gasteiger partial charge in [0.2, 0.25) is 0 Å². The van der Waals surface area contributed by atoms with Gasteiger partial charge in [-0.25, -0.2) is 9.48 Å². The first-order valence-corrected chi connectivity index (χ1v) is 6.87. The Morgan fingerprint density at radius 3 is 2.70 bits per heavy atom. The van der Waals surface area contributed by atoms with Crippen molar-refractivity contribution in [1.82, 2.24) is 19.9 Å². The number of carboxylic acids is 1. The van der Waals surface area contributed by atoms with Crippen LogP contribution in [0.15, 0.2) is 18.3 Å². The van der Waals surface area contributed by atoms with Crippen molar-refractivity contribution < 1.29 is 14.7 Å². The lowest BCUT2D eigenvalue weighted by Gasteiger charge is -2.38. The molecule has 3 heterocycles. The molecular weight excluding hydrogens is 280 g/mol. The van der Waals surface area contributed by atoms with Crippen LogP contribution in [0.3, 0.4) is 0 Å². The third-order valence-corrected chi connectivity index (χ3v) is 4.19. The van der Waals surface area contributed by atoms with E-state index in [-0.39, 0.29) is 17.6 Å². The quantitative estimate of drug-likeness (QED) is 0.913. The number of aromatic nitrogens is 3. The van der Waals surface area contributed by atoms with E-state index in [0.717, 1.165) is 9.75 Å². The van der Waals surface area contributed by atoms with E-state index in [1.807, 2.05) is 19.1 Å². The lowest BCUT2D eigenvalue weighted by Crippen LogP contribution is -2.50. The number of carboxylic acid groups (broad SMARTS) is 1. The van der Waals surface area contributed by atoms with Gasteiger partial charge >= 0.3 is 5.97 Å². The Morgan fingerprint density at radius 2 is 2.15 bits per heavy atom. The Hall–Kier alpha value is -2.22. The molecular formula is C12H12N4O3S. The van der Waals surface area contributed by atoms with Crippen LogP contribution in [0.1, 0.15) is 31.1 Å². The predicted octanol–water partition coefficient (Wildman–Crippen LogP) is 1.04. The fourth-order valence-electron chi connectivity index (χ4n) is 2.05. The van der Waals surface area contributed by atoms with Crippen molar-refractivity contribution in [2.45, 2.75) is 13.0 Å². The Labute approximate surface area is 118 Å². The van der Waals surface area contributed by atoms with Gasteiger partial charge < -0.3 is 10.0 Å². The molecule has 0 saturated carbocycles. The van der Waals surface area contributed by atoms with Gasteiger partial charge in [0.05, 0.1) is 17.1 Å². The minimum absolute atomic E-state index is 0.000564. The van der Waals surface area contributed by atoms with Gasteiger partial charge in [-0.2, -0.15) is 0 Å². The Morgan fingerprint density at radius 1 is 1.40 bits per heavy atom. The van der Waals surface area contributed by atoms with Gasteiger partial charge in [-0.1, -0.05) is 5.21 Å². The number of rotatable bonds is 3. The van der Waals surface area contributed by atoms with Crippen molar-refractivity contribution >= 4 is 23.2 Å². The molecule has 20 heavy (non-hydrogen) atoms. The number of carbonyl (C=O) groups excluding carboxylic acids is 1. The van der Waals surface area contributed by atoms with Crippen LogP contribution in [0, 0.1) is 6.92 Å². The SMILES string of the molecule is Cc1ccc(C(=O)N2CC(n3cc(C(=O)O)nn3)C2)s1. The molecule has 1 aliphatic heterocycles. The summed E-state index contributed by atoms with van der Waals surface area (Å²) in [6, 6.07) is 3.75. The largest absolute Gasteiger partial charge is 0.476 e. The number of carbonyl (C=O) groups is 2. The average molecular weight is 292 g/mol. The number of amides is 1. The van der Waals surface area contributed by atoms with E-state index in [0.29, 0.717) is 13.1 Å². The van der Waals surface area contributed by atoms with Crippen molar-refractivity contribution in [3.05, 3.63) is 33.8 Å². The number of likely N-dealkylation sites (tertiary alicyclic amines) is 1. The van der Waals surface area contributed by atoms with Crippen LogP contribution in [0.4, 0.5) is 0 Å². The monoisotopic (exact) mass is 292 g/mol. The topological polar surface area (TPSA) is 88.3 Å². The third-order valence-electron chi connectivity index (χ3n) is 3.20. The van der Waals surface area contributed by atoms with Gasteiger partial charge in [-0.05, 0) is 19.1 Å². The van der Waals surface area contributed by atoms with Crippen LogP contribution in [-0.4, -0.2) is 50.0 Å². The highest BCUT2D eigenvalue weighted by molar-refractivity contribution is 7.13. The molecule has 104 valence electrons. The Balaban J connectivity index is 1.63. The van der Waals surface area contributed by atoms with E-state index < -0.39 is 5.97 Å². The molecule has 0 radical (unpaired) electrons. The zero-order valence-corrected chi connectivity index (χ0v) is 11.5. The van der Waals surface area contributed by atoms with E-state index in [9.17, 15) is 9.59 Å². The molecule has 1 amide bonds. The molecule has 1 fully saturated rings. The summed E-state index contributed by atoms with van der Waals surface area (Å²) in [5.74, 6) is -1.09. The molecule has 3 rings (SSSR count). The highest BCUT2D eigenvalue weighted by Crippen LogP contribution is 2.25. The number of hydrogen-bond donors (Lipinski definition) is 1. The number of thiophene rings is 1. The first-order valence-electron chi connectivity index (χ1n) is 6.05. The summed E-state index contributed by atoms with van der Waals surface area (Å²) >= 11 is 1.47. The van der Waals surface area contributed by atoms with Crippen molar-refractivity contribution in [3.8, 4) is 0 Å². The van der Waals surface area contributed by atoms with Gasteiger partial charge in [0, 0.05) is 18.0 Å². The minimum Gasteiger partial charge on any atom is -0.476 e. The summed E-state index contributed by atoms with van der Waals surface area (Å²) in [7, 11) is 0. The molecule has 0 spiro atoms. The van der Waals surface area contributed by atoms with Crippen LogP contribution in [0.5, 0.6) is 0 Å². The molecule has 2 aromatic rings. The third kappa shape index (κ3) is 2.18. The van der Waals surface area contributed by atoms with Gasteiger partial charge in [0.25, 0.3) is 5.91 Å². The molecule has 7 nitrogen and oxygen atoms in total. The Kier molecular flexibility index (Phi) is 3.01. The highest BCUT2D eigenvalue weighted by atomic mass is 32.1. The molecule has 0 atom stereocenters. The van der Waals surface area contributed by atoms with Crippen LogP contribution in [0.2, 0.25) is 0 Å². The van der Waals surface area contributed by atoms with Gasteiger partial charge in [0.15, 0.2) is 5.69 Å². The van der Waals surface area contributed by atoms with E-state index >= 15 is 0 Å². The van der Waals surface area contributed by atoms with E-state index in [1.165, 1.54) is 22.2 Å². The van der Waals surface area contributed by atoms with E-state index in [4.69, 9.17) is 5.11 Å². The Bertz CT molecular complexity index is 672. The fraction of sp³-hybridized carbons (Fsp3) is 0.333. The van der Waals surface area contributed by atoms with Crippen molar-refractivity contribution in [2.75, 3.05) is 13.1 Å². The highest BCUT2D eigenvalue weighted by Gasteiger charge is 2.34. The maximum absolute atomic E-state index is 12.1. The summed E-state index contributed by atoms with van der Waals surface area (Å²) in [6.45, 7) is 3.01. The molecule has 2 aromatic heterocycles. The lowest BCUT2D eigenvalue weighted by atomic mass is 10.1. The molecule has 1 N–H and O–H groups in total. The van der Waals surface area contributed by atoms with Crippen molar-refractivity contribution in [2.24, 2.45) is 0 Å². The molecule has 0 aromatic carbocycles. The summed E-state index contributed by atoms with van der Waals surface area (Å²) in [4.78, 5) is 26.4. The van der Waals surface area contributed by atoms with Gasteiger partial charge in [-0.3, -0.25) is 4.79 Å². The number of nitrogens with zero attached hydrogens (tertiary/aromatic N) is 4. The van der Waals surface area contributed by atoms with Gasteiger partial charge in [-0.15, -0.1) is 16.4 Å². The van der Waals surface area contributed by atoms with E-state index in [1.54, 1.807) is 4.90 Å². The number of aromatic carboxylic acids is 1. The second-order valence-electron chi connectivity index (χ2n) is 4.66. The summed E-state index contributed by atoms with van der Waals surface area (Å²) in [5, 5.41) is 16.1. The average Bonchev–Trinajstić information content (AvgIpc) is 2.96. The molecule has 1 aliphatic rings. The smallest absolute Gasteiger partial charge is 0.358 e. The zero-order chi connectivity index (χ0) is 14.3. The van der Waals surface area contributed by atoms with Crippen LogP contribution < -0.4 is 0 Å². The van der Waals surface area contributed by atoms with Crippen LogP contribution in [0.25, 0.3) is 0 Å². The maximum Gasteiger partial charge on any atom is 0.358 e. The summed E-state index contributed by atoms with van der Waals surface area (Å²) in [6.07, 6.45) is 1.39. The molecule has 0 aliphatic carbocycles. The fourth-order valence-corrected chi connectivity index (χ4v) is 2.88. The lowest BCUT2D eigenvalue weighted by molar-refractivity contribution is 0.0502. The normalized spacial score (nSPS) is 15.2. The van der Waals surface area contributed by atoms with Crippen LogP contribution in [-0.2, 0) is 0 Å². The van der Waals surface area contributed by atoms with E-state index in [2.05, 4.69) is 10.3 Å².